The summed E-state index contributed by atoms with van der Waals surface area (Å²) in [4.78, 5) is 10.2. The van der Waals surface area contributed by atoms with Gasteiger partial charge in [-0.1, -0.05) is 12.0 Å². The van der Waals surface area contributed by atoms with Crippen molar-refractivity contribution < 1.29 is 13.9 Å². The molecule has 16 heavy (non-hydrogen) atoms. The molecule has 0 aliphatic rings. The minimum Gasteiger partial charge on any atom is -0.429 e. The lowest BCUT2D eigenvalue weighted by Crippen LogP contribution is -1.90. The van der Waals surface area contributed by atoms with Crippen LogP contribution in [0.4, 0.5) is 4.39 Å². The quantitative estimate of drug-likeness (QED) is 0.567. The predicted octanol–water partition coefficient (Wildman–Crippen LogP) is 2.50. The summed E-state index contributed by atoms with van der Waals surface area (Å²) in [5, 5.41) is 1.36. The zero-order chi connectivity index (χ0) is 11.5. The van der Waals surface area contributed by atoms with Crippen molar-refractivity contribution >= 4 is 17.2 Å². The topological polar surface area (TPSA) is 26.3 Å². The molecule has 0 fully saturated rings. The molecule has 0 saturated heterocycles. The smallest absolute Gasteiger partial charge is 0.298 e. The summed E-state index contributed by atoms with van der Waals surface area (Å²) in [6, 6.07) is 7.71. The predicted molar refractivity (Wildman–Crippen MR) is 58.5 cm³/mol. The normalized spacial score (nSPS) is 9.75. The van der Waals surface area contributed by atoms with E-state index in [-0.39, 0.29) is 5.56 Å². The van der Waals surface area contributed by atoms with Gasteiger partial charge in [0.15, 0.2) is 0 Å². The first kappa shape index (κ1) is 10.2. The number of benzene rings is 2. The summed E-state index contributed by atoms with van der Waals surface area (Å²) in [5.74, 6) is 2.27. The van der Waals surface area contributed by atoms with Gasteiger partial charge >= 0.3 is 0 Å². The molecule has 0 bridgehead atoms. The highest BCUT2D eigenvalue weighted by Crippen LogP contribution is 2.25. The Bertz CT molecular complexity index is 597. The van der Waals surface area contributed by atoms with E-state index in [1.165, 1.54) is 6.07 Å². The zero-order valence-electron chi connectivity index (χ0n) is 8.24. The Morgan fingerprint density at radius 2 is 2.12 bits per heavy atom. The highest BCUT2D eigenvalue weighted by molar-refractivity contribution is 5.89. The summed E-state index contributed by atoms with van der Waals surface area (Å²) in [6.07, 6.45) is 5.24. The minimum atomic E-state index is -0.431. The number of carbonyl (C=O) groups is 1. The summed E-state index contributed by atoms with van der Waals surface area (Å²) in [7, 11) is 0. The van der Waals surface area contributed by atoms with Crippen molar-refractivity contribution in [2.24, 2.45) is 0 Å². The van der Waals surface area contributed by atoms with E-state index in [1.807, 2.05) is 0 Å². The lowest BCUT2D eigenvalue weighted by molar-refractivity contribution is -0.120. The van der Waals surface area contributed by atoms with Crippen LogP contribution in [-0.4, -0.2) is 6.47 Å². The third-order valence-electron chi connectivity index (χ3n) is 2.27. The van der Waals surface area contributed by atoms with Crippen molar-refractivity contribution in [2.75, 3.05) is 0 Å². The molecule has 0 amide bonds. The Hall–Kier alpha value is -2.34. The van der Waals surface area contributed by atoms with Crippen molar-refractivity contribution in [1.29, 1.82) is 0 Å². The van der Waals surface area contributed by atoms with Crippen LogP contribution in [0.25, 0.3) is 10.8 Å². The Labute approximate surface area is 91.6 Å². The van der Waals surface area contributed by atoms with Gasteiger partial charge < -0.3 is 4.74 Å². The highest BCUT2D eigenvalue weighted by atomic mass is 19.1. The molecule has 0 radical (unpaired) electrons. The maximum absolute atomic E-state index is 13.3. The number of carbonyl (C=O) groups excluding carboxylic acids is 1. The SMILES string of the molecule is C#Cc1c(F)ccc2cc(OC=O)ccc12. The maximum atomic E-state index is 13.3. The van der Waals surface area contributed by atoms with E-state index in [0.29, 0.717) is 17.6 Å². The Kier molecular flexibility index (Phi) is 2.57. The number of rotatable bonds is 2. The molecule has 0 atom stereocenters. The van der Waals surface area contributed by atoms with Crippen LogP contribution in [0.3, 0.4) is 0 Å². The van der Waals surface area contributed by atoms with Crippen LogP contribution in [0.15, 0.2) is 30.3 Å². The second kappa shape index (κ2) is 4.03. The fraction of sp³-hybridized carbons (Fsp3) is 0. The number of hydrogen-bond acceptors (Lipinski definition) is 2. The molecule has 0 saturated carbocycles. The average Bonchev–Trinajstić information content (AvgIpc) is 2.30. The number of terminal acetylenes is 1. The molecule has 0 aliphatic heterocycles. The van der Waals surface area contributed by atoms with Gasteiger partial charge in [0, 0.05) is 5.39 Å². The lowest BCUT2D eigenvalue weighted by atomic mass is 10.0. The average molecular weight is 214 g/mol. The van der Waals surface area contributed by atoms with Crippen molar-refractivity contribution in [3.05, 3.63) is 41.7 Å². The molecule has 0 aromatic heterocycles. The fourth-order valence-electron chi connectivity index (χ4n) is 1.56. The minimum absolute atomic E-state index is 0.218. The monoisotopic (exact) mass is 214 g/mol. The van der Waals surface area contributed by atoms with Crippen LogP contribution in [0.1, 0.15) is 5.56 Å². The van der Waals surface area contributed by atoms with E-state index in [9.17, 15) is 9.18 Å². The van der Waals surface area contributed by atoms with E-state index in [1.54, 1.807) is 24.3 Å². The van der Waals surface area contributed by atoms with Gasteiger partial charge in [-0.2, -0.15) is 0 Å². The van der Waals surface area contributed by atoms with Crippen LogP contribution >= 0.6 is 0 Å². The van der Waals surface area contributed by atoms with Crippen molar-refractivity contribution in [1.82, 2.24) is 0 Å². The zero-order valence-corrected chi connectivity index (χ0v) is 8.24. The number of fused-ring (bicyclic) bond motifs is 1. The largest absolute Gasteiger partial charge is 0.429 e. The van der Waals surface area contributed by atoms with Gasteiger partial charge in [-0.3, -0.25) is 4.79 Å². The molecule has 2 aromatic carbocycles. The van der Waals surface area contributed by atoms with Gasteiger partial charge in [0.25, 0.3) is 6.47 Å². The van der Waals surface area contributed by atoms with Crippen LogP contribution in [0.5, 0.6) is 5.75 Å². The third kappa shape index (κ3) is 1.61. The molecule has 2 aromatic rings. The second-order valence-corrected chi connectivity index (χ2v) is 3.16. The van der Waals surface area contributed by atoms with Crippen LogP contribution in [-0.2, 0) is 4.79 Å². The molecular weight excluding hydrogens is 207 g/mol. The molecule has 0 N–H and O–H groups in total. The molecule has 2 nitrogen and oxygen atoms in total. The van der Waals surface area contributed by atoms with E-state index < -0.39 is 5.82 Å². The van der Waals surface area contributed by atoms with Gasteiger partial charge in [-0.25, -0.2) is 4.39 Å². The summed E-state index contributed by atoms with van der Waals surface area (Å²) in [6.45, 7) is 0.340. The van der Waals surface area contributed by atoms with Crippen molar-refractivity contribution in [3.8, 4) is 18.1 Å². The first-order valence-electron chi connectivity index (χ1n) is 4.55. The standard InChI is InChI=1S/C13H7FO2/c1-2-11-12-5-4-10(16-8-15)7-9(12)3-6-13(11)14/h1,3-8H. The van der Waals surface area contributed by atoms with E-state index in [2.05, 4.69) is 5.92 Å². The number of ether oxygens (including phenoxy) is 1. The van der Waals surface area contributed by atoms with Crippen LogP contribution in [0.2, 0.25) is 0 Å². The number of halogens is 1. The fourth-order valence-corrected chi connectivity index (χ4v) is 1.56. The molecule has 0 unspecified atom stereocenters. The van der Waals surface area contributed by atoms with E-state index in [0.717, 1.165) is 5.39 Å². The Morgan fingerprint density at radius 3 is 2.81 bits per heavy atom. The molecule has 0 aliphatic carbocycles. The van der Waals surface area contributed by atoms with Crippen molar-refractivity contribution in [3.63, 3.8) is 0 Å². The van der Waals surface area contributed by atoms with Gasteiger partial charge in [-0.05, 0) is 29.7 Å². The molecule has 0 heterocycles. The second-order valence-electron chi connectivity index (χ2n) is 3.16. The van der Waals surface area contributed by atoms with Crippen LogP contribution in [0, 0.1) is 18.2 Å². The van der Waals surface area contributed by atoms with Crippen molar-refractivity contribution in [2.45, 2.75) is 0 Å². The Morgan fingerprint density at radius 1 is 1.31 bits per heavy atom. The van der Waals surface area contributed by atoms with Gasteiger partial charge in [0.05, 0.1) is 5.56 Å². The maximum Gasteiger partial charge on any atom is 0.298 e. The molecule has 0 spiro atoms. The number of hydrogen-bond donors (Lipinski definition) is 0. The molecule has 78 valence electrons. The third-order valence-corrected chi connectivity index (χ3v) is 2.27. The van der Waals surface area contributed by atoms with Gasteiger partial charge in [0.2, 0.25) is 0 Å². The van der Waals surface area contributed by atoms with E-state index in [4.69, 9.17) is 11.2 Å². The molecule has 3 heteroatoms. The summed E-state index contributed by atoms with van der Waals surface area (Å²) in [5.41, 5.74) is 0.218. The first-order valence-corrected chi connectivity index (χ1v) is 4.55. The van der Waals surface area contributed by atoms with E-state index >= 15 is 0 Å². The highest BCUT2D eigenvalue weighted by Gasteiger charge is 2.06. The summed E-state index contributed by atoms with van der Waals surface area (Å²) >= 11 is 0. The lowest BCUT2D eigenvalue weighted by Gasteiger charge is -2.04. The van der Waals surface area contributed by atoms with Gasteiger partial charge in [-0.15, -0.1) is 6.42 Å². The molecule has 2 rings (SSSR count). The van der Waals surface area contributed by atoms with Crippen LogP contribution < -0.4 is 4.74 Å². The first-order chi connectivity index (χ1) is 7.76. The molecular formula is C13H7FO2. The van der Waals surface area contributed by atoms with Gasteiger partial charge in [0.1, 0.15) is 11.6 Å². The summed E-state index contributed by atoms with van der Waals surface area (Å²) < 4.78 is 18.0. The Balaban J connectivity index is 2.70.